The summed E-state index contributed by atoms with van der Waals surface area (Å²) >= 11 is 3.45. The van der Waals surface area contributed by atoms with Crippen LogP contribution >= 0.6 is 15.9 Å². The predicted molar refractivity (Wildman–Crippen MR) is 65.5 cm³/mol. The molecular formula is C12H23Br. The zero-order valence-corrected chi connectivity index (χ0v) is 10.5. The standard InChI is InChI=1S/C12H23Br/c1-2-3-4-5-6-7-8-9-10-11-12-13/h4-5H,2-3,6-12H2,1H3/b5-4-. The van der Waals surface area contributed by atoms with Gasteiger partial charge in [-0.3, -0.25) is 0 Å². The van der Waals surface area contributed by atoms with Crippen LogP contribution in [0.15, 0.2) is 12.2 Å². The van der Waals surface area contributed by atoms with E-state index >= 15 is 0 Å². The SMILES string of the molecule is CCC/C=C\CCCCCCCBr. The fourth-order valence-corrected chi connectivity index (χ4v) is 1.69. The molecular weight excluding hydrogens is 224 g/mol. The summed E-state index contributed by atoms with van der Waals surface area (Å²) in [5.41, 5.74) is 0. The maximum absolute atomic E-state index is 3.45. The minimum atomic E-state index is 1.17. The molecule has 0 saturated carbocycles. The molecule has 0 fully saturated rings. The van der Waals surface area contributed by atoms with Gasteiger partial charge in [0.1, 0.15) is 0 Å². The molecule has 0 spiro atoms. The zero-order valence-electron chi connectivity index (χ0n) is 8.90. The lowest BCUT2D eigenvalue weighted by Crippen LogP contribution is -1.79. The van der Waals surface area contributed by atoms with E-state index in [0.717, 1.165) is 0 Å². The number of allylic oxidation sites excluding steroid dienone is 2. The fraction of sp³-hybridized carbons (Fsp3) is 0.833. The summed E-state index contributed by atoms with van der Waals surface area (Å²) in [6.07, 6.45) is 15.4. The minimum Gasteiger partial charge on any atom is -0.0928 e. The number of hydrogen-bond donors (Lipinski definition) is 0. The van der Waals surface area contributed by atoms with Crippen LogP contribution in [-0.4, -0.2) is 5.33 Å². The molecule has 13 heavy (non-hydrogen) atoms. The molecule has 0 N–H and O–H groups in total. The summed E-state index contributed by atoms with van der Waals surface area (Å²) in [6.45, 7) is 2.23. The molecule has 0 aromatic rings. The second kappa shape index (κ2) is 12.2. The first-order valence-corrected chi connectivity index (χ1v) is 6.75. The topological polar surface area (TPSA) is 0 Å². The van der Waals surface area contributed by atoms with Crippen molar-refractivity contribution >= 4 is 15.9 Å². The van der Waals surface area contributed by atoms with Crippen LogP contribution in [-0.2, 0) is 0 Å². The highest BCUT2D eigenvalue weighted by Crippen LogP contribution is 2.07. The highest BCUT2D eigenvalue weighted by molar-refractivity contribution is 9.09. The van der Waals surface area contributed by atoms with Gasteiger partial charge in [0.25, 0.3) is 0 Å². The number of hydrogen-bond acceptors (Lipinski definition) is 0. The Bertz CT molecular complexity index is 108. The first kappa shape index (κ1) is 13.2. The Morgan fingerprint density at radius 1 is 0.846 bits per heavy atom. The van der Waals surface area contributed by atoms with Crippen molar-refractivity contribution in [2.75, 3.05) is 5.33 Å². The molecule has 0 aliphatic heterocycles. The molecule has 0 saturated heterocycles. The van der Waals surface area contributed by atoms with E-state index in [1.807, 2.05) is 0 Å². The third-order valence-electron chi connectivity index (χ3n) is 2.13. The average molecular weight is 247 g/mol. The Balaban J connectivity index is 2.91. The van der Waals surface area contributed by atoms with Crippen LogP contribution in [0.2, 0.25) is 0 Å². The summed E-state index contributed by atoms with van der Waals surface area (Å²) in [5, 5.41) is 1.17. The molecule has 78 valence electrons. The van der Waals surface area contributed by atoms with Gasteiger partial charge in [-0.1, -0.05) is 60.7 Å². The molecule has 0 aromatic heterocycles. The van der Waals surface area contributed by atoms with E-state index in [1.165, 1.54) is 56.7 Å². The van der Waals surface area contributed by atoms with Gasteiger partial charge in [0.15, 0.2) is 0 Å². The van der Waals surface area contributed by atoms with E-state index in [9.17, 15) is 0 Å². The van der Waals surface area contributed by atoms with Gasteiger partial charge < -0.3 is 0 Å². The lowest BCUT2D eigenvalue weighted by molar-refractivity contribution is 0.640. The van der Waals surface area contributed by atoms with E-state index in [0.29, 0.717) is 0 Å². The van der Waals surface area contributed by atoms with Gasteiger partial charge in [-0.2, -0.15) is 0 Å². The summed E-state index contributed by atoms with van der Waals surface area (Å²) in [7, 11) is 0. The summed E-state index contributed by atoms with van der Waals surface area (Å²) in [6, 6.07) is 0. The fourth-order valence-electron chi connectivity index (χ4n) is 1.29. The van der Waals surface area contributed by atoms with Crippen LogP contribution < -0.4 is 0 Å². The second-order valence-corrected chi connectivity index (χ2v) is 4.30. The smallest absolute Gasteiger partial charge is 0.00313 e. The zero-order chi connectivity index (χ0) is 9.78. The highest BCUT2D eigenvalue weighted by atomic mass is 79.9. The van der Waals surface area contributed by atoms with Crippen LogP contribution in [0, 0.1) is 0 Å². The first-order chi connectivity index (χ1) is 6.41. The Hall–Kier alpha value is 0.220. The van der Waals surface area contributed by atoms with Crippen molar-refractivity contribution in [3.63, 3.8) is 0 Å². The molecule has 0 heterocycles. The van der Waals surface area contributed by atoms with E-state index in [-0.39, 0.29) is 0 Å². The molecule has 0 aromatic carbocycles. The van der Waals surface area contributed by atoms with Crippen molar-refractivity contribution in [2.45, 2.75) is 58.3 Å². The van der Waals surface area contributed by atoms with E-state index < -0.39 is 0 Å². The minimum absolute atomic E-state index is 1.17. The number of unbranched alkanes of at least 4 members (excludes halogenated alkanes) is 6. The maximum atomic E-state index is 3.45. The van der Waals surface area contributed by atoms with Gasteiger partial charge in [-0.15, -0.1) is 0 Å². The third-order valence-corrected chi connectivity index (χ3v) is 2.69. The van der Waals surface area contributed by atoms with Crippen LogP contribution in [0.5, 0.6) is 0 Å². The average Bonchev–Trinajstić information content (AvgIpc) is 2.16. The second-order valence-electron chi connectivity index (χ2n) is 3.51. The molecule has 0 atom stereocenters. The largest absolute Gasteiger partial charge is 0.0928 e. The van der Waals surface area contributed by atoms with Crippen molar-refractivity contribution in [3.05, 3.63) is 12.2 Å². The van der Waals surface area contributed by atoms with E-state index in [2.05, 4.69) is 35.0 Å². The van der Waals surface area contributed by atoms with Crippen molar-refractivity contribution in [1.29, 1.82) is 0 Å². The molecule has 0 amide bonds. The predicted octanol–water partition coefficient (Wildman–Crippen LogP) is 5.08. The molecule has 0 radical (unpaired) electrons. The number of alkyl halides is 1. The van der Waals surface area contributed by atoms with E-state index in [1.54, 1.807) is 0 Å². The van der Waals surface area contributed by atoms with Gasteiger partial charge in [0, 0.05) is 5.33 Å². The Morgan fingerprint density at radius 3 is 2.15 bits per heavy atom. The van der Waals surface area contributed by atoms with Gasteiger partial charge in [0.2, 0.25) is 0 Å². The third kappa shape index (κ3) is 12.2. The van der Waals surface area contributed by atoms with Crippen LogP contribution in [0.3, 0.4) is 0 Å². The number of halogens is 1. The van der Waals surface area contributed by atoms with Crippen LogP contribution in [0.4, 0.5) is 0 Å². The lowest BCUT2D eigenvalue weighted by atomic mass is 10.1. The molecule has 1 heteroatoms. The highest BCUT2D eigenvalue weighted by Gasteiger charge is 1.87. The first-order valence-electron chi connectivity index (χ1n) is 5.62. The van der Waals surface area contributed by atoms with Gasteiger partial charge in [-0.05, 0) is 25.7 Å². The Kier molecular flexibility index (Phi) is 12.4. The molecule has 0 nitrogen and oxygen atoms in total. The van der Waals surface area contributed by atoms with Gasteiger partial charge in [0.05, 0.1) is 0 Å². The number of rotatable bonds is 9. The van der Waals surface area contributed by atoms with Gasteiger partial charge >= 0.3 is 0 Å². The monoisotopic (exact) mass is 246 g/mol. The van der Waals surface area contributed by atoms with E-state index in [4.69, 9.17) is 0 Å². The summed E-state index contributed by atoms with van der Waals surface area (Å²) in [5.74, 6) is 0. The van der Waals surface area contributed by atoms with Crippen LogP contribution in [0.1, 0.15) is 58.3 Å². The summed E-state index contributed by atoms with van der Waals surface area (Å²) in [4.78, 5) is 0. The molecule has 0 aliphatic rings. The quantitative estimate of drug-likeness (QED) is 0.303. The molecule has 0 aliphatic carbocycles. The van der Waals surface area contributed by atoms with Crippen molar-refractivity contribution in [1.82, 2.24) is 0 Å². The van der Waals surface area contributed by atoms with Crippen molar-refractivity contribution in [2.24, 2.45) is 0 Å². The lowest BCUT2D eigenvalue weighted by Gasteiger charge is -1.96. The maximum Gasteiger partial charge on any atom is 0.00313 e. The molecule has 0 rings (SSSR count). The van der Waals surface area contributed by atoms with Crippen LogP contribution in [0.25, 0.3) is 0 Å². The van der Waals surface area contributed by atoms with Gasteiger partial charge in [-0.25, -0.2) is 0 Å². The Labute approximate surface area is 91.9 Å². The molecule has 0 bridgehead atoms. The van der Waals surface area contributed by atoms with Crippen molar-refractivity contribution in [3.8, 4) is 0 Å². The van der Waals surface area contributed by atoms with Crippen molar-refractivity contribution < 1.29 is 0 Å². The summed E-state index contributed by atoms with van der Waals surface area (Å²) < 4.78 is 0. The Morgan fingerprint density at radius 2 is 1.46 bits per heavy atom. The molecule has 0 unspecified atom stereocenters. The normalized spacial score (nSPS) is 11.2.